The van der Waals surface area contributed by atoms with E-state index in [1.807, 2.05) is 0 Å². The van der Waals surface area contributed by atoms with E-state index < -0.39 is 0 Å². The van der Waals surface area contributed by atoms with Crippen LogP contribution < -0.4 is 4.74 Å². The summed E-state index contributed by atoms with van der Waals surface area (Å²) >= 11 is 3.38. The molecule has 0 aliphatic heterocycles. The van der Waals surface area contributed by atoms with Crippen molar-refractivity contribution in [3.05, 3.63) is 28.2 Å². The summed E-state index contributed by atoms with van der Waals surface area (Å²) in [4.78, 5) is 14.1. The van der Waals surface area contributed by atoms with Crippen LogP contribution in [0.4, 0.5) is 0 Å². The lowest BCUT2D eigenvalue weighted by molar-refractivity contribution is 0.0718. The van der Waals surface area contributed by atoms with Gasteiger partial charge in [0, 0.05) is 17.6 Å². The molecule has 0 unspecified atom stereocenters. The Bertz CT molecular complexity index is 423. The first kappa shape index (κ1) is 16.0. The summed E-state index contributed by atoms with van der Waals surface area (Å²) in [7, 11) is 1.57. The normalized spacial score (nSPS) is 10.3. The first-order chi connectivity index (χ1) is 9.13. The van der Waals surface area contributed by atoms with Crippen LogP contribution in [0.1, 0.15) is 30.1 Å². The van der Waals surface area contributed by atoms with Crippen LogP contribution in [0.25, 0.3) is 0 Å². The largest absolute Gasteiger partial charge is 0.497 e. The molecule has 19 heavy (non-hydrogen) atoms. The maximum Gasteiger partial charge on any atom is 0.255 e. The average Bonchev–Trinajstić information content (AvgIpc) is 2.43. The summed E-state index contributed by atoms with van der Waals surface area (Å²) in [5.74, 6) is 0.555. The van der Waals surface area contributed by atoms with Crippen molar-refractivity contribution in [2.75, 3.05) is 26.8 Å². The quantitative estimate of drug-likeness (QED) is 0.836. The van der Waals surface area contributed by atoms with E-state index >= 15 is 0 Å². The van der Waals surface area contributed by atoms with Gasteiger partial charge in [0.05, 0.1) is 19.3 Å². The molecule has 0 heterocycles. The van der Waals surface area contributed by atoms with Gasteiger partial charge >= 0.3 is 0 Å². The van der Waals surface area contributed by atoms with Gasteiger partial charge in [-0.2, -0.15) is 0 Å². The van der Waals surface area contributed by atoms with Crippen molar-refractivity contribution >= 4 is 21.8 Å². The number of methoxy groups -OCH3 is 1. The standard InChI is InChI=1S/C14H20BrNO3/c1-3-4-7-16(8-9-17)14(18)12-10-11(19-2)5-6-13(12)15/h5-6,10,17H,3-4,7-9H2,1-2H3. The molecule has 1 aromatic rings. The monoisotopic (exact) mass is 329 g/mol. The molecular weight excluding hydrogens is 310 g/mol. The fraction of sp³-hybridized carbons (Fsp3) is 0.500. The minimum absolute atomic E-state index is 0.0307. The molecule has 1 rings (SSSR count). The molecule has 0 saturated carbocycles. The second kappa shape index (κ2) is 8.17. The van der Waals surface area contributed by atoms with Crippen LogP contribution in [0, 0.1) is 0 Å². The molecule has 1 aromatic carbocycles. The molecule has 1 amide bonds. The van der Waals surface area contributed by atoms with Crippen molar-refractivity contribution in [1.82, 2.24) is 4.90 Å². The number of hydrogen-bond acceptors (Lipinski definition) is 3. The van der Waals surface area contributed by atoms with Gasteiger partial charge in [0.15, 0.2) is 0 Å². The molecule has 0 fully saturated rings. The first-order valence-electron chi connectivity index (χ1n) is 6.37. The van der Waals surface area contributed by atoms with E-state index in [4.69, 9.17) is 9.84 Å². The van der Waals surface area contributed by atoms with Gasteiger partial charge in [-0.25, -0.2) is 0 Å². The molecule has 4 nitrogen and oxygen atoms in total. The fourth-order valence-electron chi connectivity index (χ4n) is 1.75. The maximum atomic E-state index is 12.5. The number of unbranched alkanes of at least 4 members (excludes halogenated alkanes) is 1. The molecule has 5 heteroatoms. The summed E-state index contributed by atoms with van der Waals surface area (Å²) in [5.41, 5.74) is 0.559. The van der Waals surface area contributed by atoms with Gasteiger partial charge in [-0.05, 0) is 40.5 Å². The molecule has 0 radical (unpaired) electrons. The smallest absolute Gasteiger partial charge is 0.255 e. The minimum atomic E-state index is -0.0896. The second-order valence-corrected chi connectivity index (χ2v) is 5.07. The number of rotatable bonds is 7. The Morgan fingerprint density at radius 1 is 1.42 bits per heavy atom. The Labute approximate surface area is 122 Å². The highest BCUT2D eigenvalue weighted by Crippen LogP contribution is 2.24. The van der Waals surface area contributed by atoms with Crippen molar-refractivity contribution in [3.8, 4) is 5.75 Å². The summed E-state index contributed by atoms with van der Waals surface area (Å²) in [6, 6.07) is 5.30. The van der Waals surface area contributed by atoms with Gasteiger partial charge in [0.2, 0.25) is 0 Å². The van der Waals surface area contributed by atoms with E-state index in [1.54, 1.807) is 30.2 Å². The number of ether oxygens (including phenoxy) is 1. The van der Waals surface area contributed by atoms with Crippen LogP contribution in [0.15, 0.2) is 22.7 Å². The van der Waals surface area contributed by atoms with Gasteiger partial charge in [-0.3, -0.25) is 4.79 Å². The lowest BCUT2D eigenvalue weighted by Crippen LogP contribution is -2.34. The maximum absolute atomic E-state index is 12.5. The average molecular weight is 330 g/mol. The molecule has 0 spiro atoms. The van der Waals surface area contributed by atoms with E-state index in [0.717, 1.165) is 17.3 Å². The Kier molecular flexibility index (Phi) is 6.87. The number of carbonyl (C=O) groups is 1. The lowest BCUT2D eigenvalue weighted by atomic mass is 10.1. The van der Waals surface area contributed by atoms with E-state index in [0.29, 0.717) is 24.4 Å². The molecular formula is C14H20BrNO3. The predicted molar refractivity (Wildman–Crippen MR) is 78.6 cm³/mol. The third-order valence-electron chi connectivity index (χ3n) is 2.84. The Hall–Kier alpha value is -1.07. The zero-order valence-electron chi connectivity index (χ0n) is 11.4. The molecule has 0 aliphatic rings. The van der Waals surface area contributed by atoms with Crippen LogP contribution in [0.3, 0.4) is 0 Å². The van der Waals surface area contributed by atoms with Gasteiger partial charge in [0.25, 0.3) is 5.91 Å². The Morgan fingerprint density at radius 3 is 2.74 bits per heavy atom. The number of nitrogens with zero attached hydrogens (tertiary/aromatic N) is 1. The van der Waals surface area contributed by atoms with Crippen LogP contribution in [0.2, 0.25) is 0 Å². The van der Waals surface area contributed by atoms with Crippen molar-refractivity contribution in [2.45, 2.75) is 19.8 Å². The summed E-state index contributed by atoms with van der Waals surface area (Å²) in [6.07, 6.45) is 1.93. The number of hydrogen-bond donors (Lipinski definition) is 1. The zero-order chi connectivity index (χ0) is 14.3. The van der Waals surface area contributed by atoms with Crippen molar-refractivity contribution < 1.29 is 14.6 Å². The number of benzene rings is 1. The van der Waals surface area contributed by atoms with Gasteiger partial charge in [0.1, 0.15) is 5.75 Å². The van der Waals surface area contributed by atoms with E-state index in [9.17, 15) is 4.79 Å². The number of halogens is 1. The SMILES string of the molecule is CCCCN(CCO)C(=O)c1cc(OC)ccc1Br. The Morgan fingerprint density at radius 2 is 2.16 bits per heavy atom. The first-order valence-corrected chi connectivity index (χ1v) is 7.17. The predicted octanol–water partition coefficient (Wildman–Crippen LogP) is 2.69. The third kappa shape index (κ3) is 4.51. The molecule has 0 aromatic heterocycles. The highest BCUT2D eigenvalue weighted by molar-refractivity contribution is 9.10. The minimum Gasteiger partial charge on any atom is -0.497 e. The van der Waals surface area contributed by atoms with Crippen molar-refractivity contribution in [1.29, 1.82) is 0 Å². The topological polar surface area (TPSA) is 49.8 Å². The zero-order valence-corrected chi connectivity index (χ0v) is 12.9. The van der Waals surface area contributed by atoms with Gasteiger partial charge in [-0.15, -0.1) is 0 Å². The van der Waals surface area contributed by atoms with E-state index in [2.05, 4.69) is 22.9 Å². The molecule has 0 bridgehead atoms. The molecule has 0 atom stereocenters. The van der Waals surface area contributed by atoms with Crippen LogP contribution in [0.5, 0.6) is 5.75 Å². The highest BCUT2D eigenvalue weighted by atomic mass is 79.9. The molecule has 1 N–H and O–H groups in total. The number of aliphatic hydroxyl groups is 1. The van der Waals surface area contributed by atoms with Crippen LogP contribution >= 0.6 is 15.9 Å². The number of carbonyl (C=O) groups excluding carboxylic acids is 1. The van der Waals surface area contributed by atoms with Crippen LogP contribution in [-0.4, -0.2) is 42.7 Å². The van der Waals surface area contributed by atoms with Crippen molar-refractivity contribution in [3.63, 3.8) is 0 Å². The summed E-state index contributed by atoms with van der Waals surface area (Å²) < 4.78 is 5.87. The fourth-order valence-corrected chi connectivity index (χ4v) is 2.17. The van der Waals surface area contributed by atoms with Crippen molar-refractivity contribution in [2.24, 2.45) is 0 Å². The van der Waals surface area contributed by atoms with Gasteiger partial charge < -0.3 is 14.7 Å². The number of aliphatic hydroxyl groups excluding tert-OH is 1. The third-order valence-corrected chi connectivity index (χ3v) is 3.53. The van der Waals surface area contributed by atoms with E-state index in [-0.39, 0.29) is 12.5 Å². The highest BCUT2D eigenvalue weighted by Gasteiger charge is 2.18. The molecule has 0 aliphatic carbocycles. The molecule has 0 saturated heterocycles. The van der Waals surface area contributed by atoms with E-state index in [1.165, 1.54) is 0 Å². The lowest BCUT2D eigenvalue weighted by Gasteiger charge is -2.22. The molecule has 106 valence electrons. The Balaban J connectivity index is 2.94. The number of amides is 1. The van der Waals surface area contributed by atoms with Gasteiger partial charge in [-0.1, -0.05) is 13.3 Å². The van der Waals surface area contributed by atoms with Crippen LogP contribution in [-0.2, 0) is 0 Å². The summed E-state index contributed by atoms with van der Waals surface area (Å²) in [5, 5.41) is 9.07. The second-order valence-electron chi connectivity index (χ2n) is 4.22. The summed E-state index contributed by atoms with van der Waals surface area (Å²) in [6.45, 7) is 3.04.